The van der Waals surface area contributed by atoms with E-state index in [4.69, 9.17) is 4.74 Å². The molecule has 9 heteroatoms. The first-order chi connectivity index (χ1) is 14.2. The van der Waals surface area contributed by atoms with Gasteiger partial charge in [-0.25, -0.2) is 13.4 Å². The number of thiazole rings is 1. The number of nitrogens with one attached hydrogen (secondary N) is 1. The first-order valence-electron chi connectivity index (χ1n) is 10.3. The van der Waals surface area contributed by atoms with E-state index < -0.39 is 10.0 Å². The highest BCUT2D eigenvalue weighted by molar-refractivity contribution is 7.89. The van der Waals surface area contributed by atoms with Crippen molar-refractivity contribution in [1.82, 2.24) is 9.29 Å². The van der Waals surface area contributed by atoms with Gasteiger partial charge in [0.2, 0.25) is 10.0 Å². The van der Waals surface area contributed by atoms with Crippen molar-refractivity contribution in [3.05, 3.63) is 40.4 Å². The minimum Gasteiger partial charge on any atom is -0.373 e. The van der Waals surface area contributed by atoms with Crippen LogP contribution in [0, 0.1) is 5.92 Å². The molecule has 0 radical (unpaired) electrons. The Hall–Kier alpha value is -1.81. The van der Waals surface area contributed by atoms with Gasteiger partial charge in [-0.3, -0.25) is 10.1 Å². The number of hydrogen-bond donors (Lipinski definition) is 1. The lowest BCUT2D eigenvalue weighted by molar-refractivity contribution is -0.0440. The third-order valence-electron chi connectivity index (χ3n) is 5.55. The number of benzene rings is 1. The molecule has 1 fully saturated rings. The fraction of sp³-hybridized carbons (Fsp3) is 0.524. The number of ether oxygens (including phenoxy) is 1. The molecule has 7 nitrogen and oxygen atoms in total. The van der Waals surface area contributed by atoms with Gasteiger partial charge in [-0.2, -0.15) is 4.31 Å². The number of morpholine rings is 1. The van der Waals surface area contributed by atoms with Crippen molar-refractivity contribution < 1.29 is 17.9 Å². The maximum absolute atomic E-state index is 13.0. The summed E-state index contributed by atoms with van der Waals surface area (Å²) in [5.74, 6) is 0.361. The lowest BCUT2D eigenvalue weighted by Crippen LogP contribution is -2.48. The number of fused-ring (bicyclic) bond motifs is 1. The van der Waals surface area contributed by atoms with Gasteiger partial charge in [-0.1, -0.05) is 6.92 Å². The monoisotopic (exact) mass is 449 g/mol. The van der Waals surface area contributed by atoms with Gasteiger partial charge in [0.1, 0.15) is 0 Å². The van der Waals surface area contributed by atoms with Crippen molar-refractivity contribution in [3.8, 4) is 0 Å². The highest BCUT2D eigenvalue weighted by Gasteiger charge is 2.32. The third-order valence-corrected chi connectivity index (χ3v) is 8.43. The van der Waals surface area contributed by atoms with Gasteiger partial charge >= 0.3 is 0 Å². The summed E-state index contributed by atoms with van der Waals surface area (Å²) in [6.45, 7) is 6.60. The van der Waals surface area contributed by atoms with E-state index in [1.807, 2.05) is 13.8 Å². The summed E-state index contributed by atoms with van der Waals surface area (Å²) in [6, 6.07) is 6.07. The summed E-state index contributed by atoms with van der Waals surface area (Å²) in [6.07, 6.45) is 2.78. The number of carbonyl (C=O) groups excluding carboxylic acids is 1. The van der Waals surface area contributed by atoms with Crippen molar-refractivity contribution in [2.75, 3.05) is 18.4 Å². The fourth-order valence-corrected chi connectivity index (χ4v) is 6.77. The first kappa shape index (κ1) is 21.4. The van der Waals surface area contributed by atoms with Crippen LogP contribution in [0.25, 0.3) is 0 Å². The predicted molar refractivity (Wildman–Crippen MR) is 116 cm³/mol. The van der Waals surface area contributed by atoms with E-state index in [1.54, 1.807) is 12.1 Å². The van der Waals surface area contributed by atoms with Crippen LogP contribution in [0.3, 0.4) is 0 Å². The molecule has 1 aliphatic carbocycles. The molecule has 1 saturated heterocycles. The molecule has 162 valence electrons. The Kier molecular flexibility index (Phi) is 5.98. The standard InChI is InChI=1S/C21H27N3O4S2/c1-13-4-9-18-19(10-13)29-21(22-18)23-20(25)16-5-7-17(8-6-16)30(26,27)24-11-14(2)28-15(3)12-24/h5-8,13-15H,4,9-12H2,1-3H3,(H,22,23,25). The molecule has 2 aliphatic rings. The smallest absolute Gasteiger partial charge is 0.257 e. The Balaban J connectivity index is 1.46. The molecule has 0 saturated carbocycles. The second kappa shape index (κ2) is 8.37. The van der Waals surface area contributed by atoms with Crippen LogP contribution in [-0.2, 0) is 27.6 Å². The Bertz CT molecular complexity index is 1020. The molecule has 3 atom stereocenters. The van der Waals surface area contributed by atoms with E-state index in [2.05, 4.69) is 17.2 Å². The molecule has 4 rings (SSSR count). The number of amides is 1. The predicted octanol–water partition coefficient (Wildman–Crippen LogP) is 3.32. The molecule has 0 bridgehead atoms. The maximum Gasteiger partial charge on any atom is 0.257 e. The minimum absolute atomic E-state index is 0.152. The van der Waals surface area contributed by atoms with E-state index in [9.17, 15) is 13.2 Å². The molecule has 30 heavy (non-hydrogen) atoms. The average molecular weight is 450 g/mol. The van der Waals surface area contributed by atoms with Gasteiger partial charge in [0.05, 0.1) is 22.8 Å². The zero-order chi connectivity index (χ0) is 21.5. The lowest BCUT2D eigenvalue weighted by atomic mass is 9.93. The van der Waals surface area contributed by atoms with Crippen LogP contribution >= 0.6 is 11.3 Å². The van der Waals surface area contributed by atoms with Gasteiger partial charge in [0, 0.05) is 23.5 Å². The molecule has 1 N–H and O–H groups in total. The van der Waals surface area contributed by atoms with Crippen LogP contribution in [0.5, 0.6) is 0 Å². The molecular formula is C21H27N3O4S2. The van der Waals surface area contributed by atoms with E-state index in [0.29, 0.717) is 29.7 Å². The highest BCUT2D eigenvalue weighted by Crippen LogP contribution is 2.32. The summed E-state index contributed by atoms with van der Waals surface area (Å²) in [5.41, 5.74) is 1.49. The Morgan fingerprint density at radius 1 is 1.17 bits per heavy atom. The molecule has 1 aromatic heterocycles. The molecule has 2 heterocycles. The molecule has 0 spiro atoms. The van der Waals surface area contributed by atoms with Gasteiger partial charge in [-0.15, -0.1) is 11.3 Å². The molecule has 1 amide bonds. The summed E-state index contributed by atoms with van der Waals surface area (Å²) >= 11 is 1.53. The number of aromatic nitrogens is 1. The SMILES string of the molecule is CC1CCc2nc(NC(=O)c3ccc(S(=O)(=O)N4CC(C)OC(C)C4)cc3)sc2C1. The largest absolute Gasteiger partial charge is 0.373 e. The van der Waals surface area contributed by atoms with Gasteiger partial charge in [0.15, 0.2) is 5.13 Å². The molecule has 2 aromatic rings. The summed E-state index contributed by atoms with van der Waals surface area (Å²) in [5, 5.41) is 3.46. The number of hydrogen-bond acceptors (Lipinski definition) is 6. The topological polar surface area (TPSA) is 88.6 Å². The van der Waals surface area contributed by atoms with E-state index >= 15 is 0 Å². The number of sulfonamides is 1. The van der Waals surface area contributed by atoms with Gasteiger partial charge in [0.25, 0.3) is 5.91 Å². The minimum atomic E-state index is -3.63. The summed E-state index contributed by atoms with van der Waals surface area (Å²) in [4.78, 5) is 18.6. The normalized spacial score (nSPS) is 25.0. The van der Waals surface area contributed by atoms with Crippen LogP contribution in [0.2, 0.25) is 0 Å². The molecule has 3 unspecified atom stereocenters. The van der Waals surface area contributed by atoms with Crippen molar-refractivity contribution in [2.24, 2.45) is 5.92 Å². The summed E-state index contributed by atoms with van der Waals surface area (Å²) < 4.78 is 33.0. The Morgan fingerprint density at radius 2 is 1.83 bits per heavy atom. The zero-order valence-electron chi connectivity index (χ0n) is 17.4. The van der Waals surface area contributed by atoms with E-state index in [-0.39, 0.29) is 23.0 Å². The van der Waals surface area contributed by atoms with Crippen LogP contribution < -0.4 is 5.32 Å². The quantitative estimate of drug-likeness (QED) is 0.774. The van der Waals surface area contributed by atoms with Crippen LogP contribution in [0.4, 0.5) is 5.13 Å². The second-order valence-corrected chi connectivity index (χ2v) is 11.3. The van der Waals surface area contributed by atoms with Crippen LogP contribution in [0.15, 0.2) is 29.2 Å². The maximum atomic E-state index is 13.0. The van der Waals surface area contributed by atoms with Crippen molar-refractivity contribution in [3.63, 3.8) is 0 Å². The average Bonchev–Trinajstić information content (AvgIpc) is 3.08. The van der Waals surface area contributed by atoms with E-state index in [0.717, 1.165) is 25.0 Å². The number of aryl methyl sites for hydroxylation is 1. The number of carbonyl (C=O) groups is 1. The number of nitrogens with zero attached hydrogens (tertiary/aromatic N) is 2. The number of anilines is 1. The van der Waals surface area contributed by atoms with Crippen molar-refractivity contribution in [2.45, 2.75) is 57.1 Å². The third kappa shape index (κ3) is 4.44. The zero-order valence-corrected chi connectivity index (χ0v) is 19.1. The fourth-order valence-electron chi connectivity index (χ4n) is 4.02. The van der Waals surface area contributed by atoms with Crippen molar-refractivity contribution >= 4 is 32.4 Å². The van der Waals surface area contributed by atoms with Gasteiger partial charge in [-0.05, 0) is 63.3 Å². The highest BCUT2D eigenvalue weighted by atomic mass is 32.2. The Morgan fingerprint density at radius 3 is 2.50 bits per heavy atom. The Labute approximate surface area is 181 Å². The second-order valence-electron chi connectivity index (χ2n) is 8.29. The van der Waals surface area contributed by atoms with Gasteiger partial charge < -0.3 is 4.74 Å². The van der Waals surface area contributed by atoms with E-state index in [1.165, 1.54) is 32.7 Å². The summed E-state index contributed by atoms with van der Waals surface area (Å²) in [7, 11) is -3.63. The number of rotatable bonds is 4. The lowest BCUT2D eigenvalue weighted by Gasteiger charge is -2.34. The van der Waals surface area contributed by atoms with Crippen LogP contribution in [0.1, 0.15) is 48.1 Å². The van der Waals surface area contributed by atoms with Crippen molar-refractivity contribution in [1.29, 1.82) is 0 Å². The molecule has 1 aliphatic heterocycles. The molecular weight excluding hydrogens is 422 g/mol. The molecule has 1 aromatic carbocycles. The van der Waals surface area contributed by atoms with Crippen LogP contribution in [-0.4, -0.2) is 48.9 Å². The first-order valence-corrected chi connectivity index (χ1v) is 12.5.